The van der Waals surface area contributed by atoms with Gasteiger partial charge >= 0.3 is 0 Å². The molecule has 7 heteroatoms. The minimum Gasteiger partial charge on any atom is -0.371 e. The van der Waals surface area contributed by atoms with Crippen LogP contribution in [0.5, 0.6) is 0 Å². The highest BCUT2D eigenvalue weighted by molar-refractivity contribution is 6.01. The van der Waals surface area contributed by atoms with E-state index in [-0.39, 0.29) is 5.92 Å². The number of carbonyl (C=O) groups excluding carboxylic acids is 2. The summed E-state index contributed by atoms with van der Waals surface area (Å²) in [5, 5.41) is 5.28. The van der Waals surface area contributed by atoms with Crippen molar-refractivity contribution < 1.29 is 18.4 Å². The molecule has 2 N–H and O–H groups in total. The number of anilines is 2. The van der Waals surface area contributed by atoms with Gasteiger partial charge in [-0.1, -0.05) is 26.0 Å². The highest BCUT2D eigenvalue weighted by Crippen LogP contribution is 2.30. The van der Waals surface area contributed by atoms with Crippen molar-refractivity contribution in [2.45, 2.75) is 33.2 Å². The average Bonchev–Trinajstić information content (AvgIpc) is 3.08. The molecule has 1 aliphatic heterocycles. The fourth-order valence-corrected chi connectivity index (χ4v) is 3.53. The molecule has 0 saturated heterocycles. The van der Waals surface area contributed by atoms with E-state index < -0.39 is 35.1 Å². The first-order valence-corrected chi connectivity index (χ1v) is 9.75. The highest BCUT2D eigenvalue weighted by Gasteiger charge is 2.28. The number of rotatable bonds is 6. The maximum atomic E-state index is 13.9. The second-order valence-electron chi connectivity index (χ2n) is 7.45. The number of nitrogens with one attached hydrogen (secondary N) is 2. The van der Waals surface area contributed by atoms with Crippen LogP contribution in [0, 0.1) is 17.6 Å². The Bertz CT molecular complexity index is 910. The molecule has 0 bridgehead atoms. The number of nitrogens with zero attached hydrogens (tertiary/aromatic N) is 1. The van der Waals surface area contributed by atoms with Crippen molar-refractivity contribution in [2.75, 3.05) is 23.3 Å². The molecule has 0 aliphatic carbocycles. The van der Waals surface area contributed by atoms with Gasteiger partial charge in [-0.15, -0.1) is 0 Å². The Labute approximate surface area is 169 Å². The standard InChI is InChI=1S/C22H25F2N3O2/c1-4-27-11-10-14-8-9-15(12-18(14)27)25-22(29)20(13(2)3)26-21(28)19-16(23)6-5-7-17(19)24/h5-9,12-13,20H,4,10-11H2,1-3H3,(H,25,29)(H,26,28). The predicted octanol–water partition coefficient (Wildman–Crippen LogP) is 3.74. The summed E-state index contributed by atoms with van der Waals surface area (Å²) in [6, 6.07) is 7.97. The molecule has 154 valence electrons. The number of amides is 2. The van der Waals surface area contributed by atoms with Gasteiger partial charge in [-0.2, -0.15) is 0 Å². The van der Waals surface area contributed by atoms with Crippen molar-refractivity contribution in [3.8, 4) is 0 Å². The van der Waals surface area contributed by atoms with Crippen LogP contribution < -0.4 is 15.5 Å². The van der Waals surface area contributed by atoms with E-state index in [4.69, 9.17) is 0 Å². The molecule has 1 unspecified atom stereocenters. The van der Waals surface area contributed by atoms with Crippen molar-refractivity contribution >= 4 is 23.2 Å². The number of halogens is 2. The van der Waals surface area contributed by atoms with Gasteiger partial charge < -0.3 is 15.5 Å². The second kappa shape index (κ2) is 8.59. The Kier molecular flexibility index (Phi) is 6.15. The second-order valence-corrected chi connectivity index (χ2v) is 7.45. The molecule has 1 aliphatic rings. The zero-order valence-electron chi connectivity index (χ0n) is 16.8. The van der Waals surface area contributed by atoms with Crippen LogP contribution in [0.15, 0.2) is 36.4 Å². The molecule has 3 rings (SSSR count). The monoisotopic (exact) mass is 401 g/mol. The van der Waals surface area contributed by atoms with Crippen LogP contribution in [0.4, 0.5) is 20.2 Å². The fourth-order valence-electron chi connectivity index (χ4n) is 3.53. The minimum absolute atomic E-state index is 0.282. The van der Waals surface area contributed by atoms with Crippen LogP contribution in [0.3, 0.4) is 0 Å². The highest BCUT2D eigenvalue weighted by atomic mass is 19.1. The summed E-state index contributed by atoms with van der Waals surface area (Å²) in [5.74, 6) is -3.62. The van der Waals surface area contributed by atoms with Gasteiger partial charge in [0.1, 0.15) is 23.2 Å². The first kappa shape index (κ1) is 20.8. The number of fused-ring (bicyclic) bond motifs is 1. The zero-order chi connectivity index (χ0) is 21.1. The summed E-state index contributed by atoms with van der Waals surface area (Å²) in [7, 11) is 0. The van der Waals surface area contributed by atoms with Gasteiger partial charge in [-0.3, -0.25) is 9.59 Å². The molecule has 2 aromatic carbocycles. The third-order valence-electron chi connectivity index (χ3n) is 5.15. The predicted molar refractivity (Wildman–Crippen MR) is 109 cm³/mol. The molecule has 1 heterocycles. The van der Waals surface area contributed by atoms with E-state index in [9.17, 15) is 18.4 Å². The van der Waals surface area contributed by atoms with Crippen LogP contribution in [0.2, 0.25) is 0 Å². The van der Waals surface area contributed by atoms with Crippen LogP contribution in [-0.2, 0) is 11.2 Å². The third kappa shape index (κ3) is 4.39. The Morgan fingerprint density at radius 2 is 1.83 bits per heavy atom. The van der Waals surface area contributed by atoms with E-state index in [2.05, 4.69) is 22.5 Å². The molecular weight excluding hydrogens is 376 g/mol. The van der Waals surface area contributed by atoms with E-state index >= 15 is 0 Å². The van der Waals surface area contributed by atoms with E-state index in [0.717, 1.165) is 37.3 Å². The van der Waals surface area contributed by atoms with Crippen LogP contribution in [0.1, 0.15) is 36.7 Å². The van der Waals surface area contributed by atoms with E-state index in [0.29, 0.717) is 5.69 Å². The first-order chi connectivity index (χ1) is 13.8. The van der Waals surface area contributed by atoms with Crippen molar-refractivity contribution in [2.24, 2.45) is 5.92 Å². The number of hydrogen-bond donors (Lipinski definition) is 2. The van der Waals surface area contributed by atoms with E-state index in [1.807, 2.05) is 18.2 Å². The van der Waals surface area contributed by atoms with Crippen molar-refractivity contribution in [1.29, 1.82) is 0 Å². The SMILES string of the molecule is CCN1CCc2ccc(NC(=O)C(NC(=O)c3c(F)cccc3F)C(C)C)cc21. The maximum absolute atomic E-state index is 13.9. The van der Waals surface area contributed by atoms with Gasteiger partial charge in [-0.25, -0.2) is 8.78 Å². The van der Waals surface area contributed by atoms with Gasteiger partial charge in [-0.05, 0) is 49.1 Å². The Hall–Kier alpha value is -2.96. The molecular formula is C22H25F2N3O2. The van der Waals surface area contributed by atoms with Crippen LogP contribution in [0.25, 0.3) is 0 Å². The van der Waals surface area contributed by atoms with Gasteiger partial charge in [0, 0.05) is 24.5 Å². The topological polar surface area (TPSA) is 61.4 Å². The molecule has 0 spiro atoms. The summed E-state index contributed by atoms with van der Waals surface area (Å²) in [4.78, 5) is 27.5. The molecule has 2 aromatic rings. The van der Waals surface area contributed by atoms with Crippen molar-refractivity contribution in [3.63, 3.8) is 0 Å². The van der Waals surface area contributed by atoms with E-state index in [1.165, 1.54) is 11.6 Å². The zero-order valence-corrected chi connectivity index (χ0v) is 16.8. The van der Waals surface area contributed by atoms with Gasteiger partial charge in [0.05, 0.1) is 0 Å². The number of benzene rings is 2. The van der Waals surface area contributed by atoms with Gasteiger partial charge in [0.25, 0.3) is 5.91 Å². The quantitative estimate of drug-likeness (QED) is 0.775. The van der Waals surface area contributed by atoms with E-state index in [1.54, 1.807) is 13.8 Å². The first-order valence-electron chi connectivity index (χ1n) is 9.75. The molecule has 5 nitrogen and oxygen atoms in total. The summed E-state index contributed by atoms with van der Waals surface area (Å²) in [5.41, 5.74) is 2.24. The lowest BCUT2D eigenvalue weighted by molar-refractivity contribution is -0.118. The smallest absolute Gasteiger partial charge is 0.257 e. The van der Waals surface area contributed by atoms with Crippen molar-refractivity contribution in [3.05, 3.63) is 59.2 Å². The Morgan fingerprint density at radius 1 is 1.14 bits per heavy atom. The molecule has 2 amide bonds. The summed E-state index contributed by atoms with van der Waals surface area (Å²) in [6.07, 6.45) is 0.969. The van der Waals surface area contributed by atoms with Crippen molar-refractivity contribution in [1.82, 2.24) is 5.32 Å². The number of hydrogen-bond acceptors (Lipinski definition) is 3. The van der Waals surface area contributed by atoms with Gasteiger partial charge in [0.2, 0.25) is 5.91 Å². The van der Waals surface area contributed by atoms with Crippen LogP contribution in [-0.4, -0.2) is 30.9 Å². The lowest BCUT2D eigenvalue weighted by Crippen LogP contribution is -2.47. The van der Waals surface area contributed by atoms with Crippen LogP contribution >= 0.6 is 0 Å². The average molecular weight is 401 g/mol. The fraction of sp³-hybridized carbons (Fsp3) is 0.364. The summed E-state index contributed by atoms with van der Waals surface area (Å²) >= 11 is 0. The maximum Gasteiger partial charge on any atom is 0.257 e. The molecule has 29 heavy (non-hydrogen) atoms. The lowest BCUT2D eigenvalue weighted by atomic mass is 10.0. The lowest BCUT2D eigenvalue weighted by Gasteiger charge is -2.23. The Morgan fingerprint density at radius 3 is 2.45 bits per heavy atom. The summed E-state index contributed by atoms with van der Waals surface area (Å²) < 4.78 is 27.8. The third-order valence-corrected chi connectivity index (χ3v) is 5.15. The van der Waals surface area contributed by atoms with Gasteiger partial charge in [0.15, 0.2) is 0 Å². The molecule has 0 saturated carbocycles. The molecule has 0 aromatic heterocycles. The normalized spacial score (nSPS) is 13.9. The molecule has 1 atom stereocenters. The largest absolute Gasteiger partial charge is 0.371 e. The number of carbonyl (C=O) groups is 2. The summed E-state index contributed by atoms with van der Waals surface area (Å²) in [6.45, 7) is 7.41. The number of likely N-dealkylation sites (N-methyl/N-ethyl adjacent to an activating group) is 1. The molecule has 0 radical (unpaired) electrons. The Balaban J connectivity index is 1.76. The molecule has 0 fully saturated rings. The minimum atomic E-state index is -0.969.